The summed E-state index contributed by atoms with van der Waals surface area (Å²) in [6.07, 6.45) is 3.63. The average Bonchev–Trinajstić information content (AvgIpc) is 2.86. The summed E-state index contributed by atoms with van der Waals surface area (Å²) in [4.78, 5) is 51.3. The van der Waals surface area contributed by atoms with Gasteiger partial charge in [-0.25, -0.2) is 0 Å². The number of hydrogen-bond donors (Lipinski definition) is 11. The largest absolute Gasteiger partial charge is 0.370 e. The Morgan fingerprint density at radius 2 is 1.12 bits per heavy atom. The molecule has 4 amide bonds. The Kier molecular flexibility index (Phi) is 18.5. The van der Waals surface area contributed by atoms with Gasteiger partial charge in [-0.2, -0.15) is 0 Å². The summed E-state index contributed by atoms with van der Waals surface area (Å²) in [6, 6.07) is -2.81. The lowest BCUT2D eigenvalue weighted by molar-refractivity contribution is -0.134. The first-order chi connectivity index (χ1) is 18.8. The number of amides is 4. The van der Waals surface area contributed by atoms with Gasteiger partial charge in [-0.15, -0.1) is 0 Å². The molecule has 0 saturated carbocycles. The molecule has 15 heteroatoms. The van der Waals surface area contributed by atoms with Crippen LogP contribution in [0.5, 0.6) is 0 Å². The predicted octanol–water partition coefficient (Wildman–Crippen LogP) is -1.74. The van der Waals surface area contributed by atoms with E-state index in [0.717, 1.165) is 0 Å². The summed E-state index contributed by atoms with van der Waals surface area (Å²) in [7, 11) is 0. The second kappa shape index (κ2) is 20.3. The molecule has 0 aromatic heterocycles. The summed E-state index contributed by atoms with van der Waals surface area (Å²) < 4.78 is 0. The fourth-order valence-corrected chi connectivity index (χ4v) is 3.90. The van der Waals surface area contributed by atoms with Gasteiger partial charge in [0.15, 0.2) is 11.9 Å². The van der Waals surface area contributed by atoms with Crippen LogP contribution in [0.1, 0.15) is 72.1 Å². The molecule has 0 unspecified atom stereocenters. The molecule has 230 valence electrons. The molecule has 15 N–H and O–H groups in total. The van der Waals surface area contributed by atoms with Crippen molar-refractivity contribution >= 4 is 35.5 Å². The van der Waals surface area contributed by atoms with Gasteiger partial charge in [-0.05, 0) is 63.8 Å². The molecule has 0 radical (unpaired) electrons. The maximum absolute atomic E-state index is 13.3. The number of guanidine groups is 2. The molecule has 0 aromatic rings. The molecule has 0 saturated heterocycles. The van der Waals surface area contributed by atoms with E-state index in [4.69, 9.17) is 33.8 Å². The van der Waals surface area contributed by atoms with Gasteiger partial charge in [-0.1, -0.05) is 20.8 Å². The molecule has 0 spiro atoms. The Labute approximate surface area is 237 Å². The minimum atomic E-state index is -1.01. The van der Waals surface area contributed by atoms with Crippen molar-refractivity contribution in [2.75, 3.05) is 19.6 Å². The highest BCUT2D eigenvalue weighted by Crippen LogP contribution is 2.11. The third-order valence-corrected chi connectivity index (χ3v) is 6.14. The van der Waals surface area contributed by atoms with Gasteiger partial charge < -0.3 is 49.5 Å². The second-order valence-electron chi connectivity index (χ2n) is 10.4. The van der Waals surface area contributed by atoms with Crippen LogP contribution in [0.15, 0.2) is 0 Å². The first-order valence-electron chi connectivity index (χ1n) is 13.8. The van der Waals surface area contributed by atoms with Crippen LogP contribution in [-0.2, 0) is 19.2 Å². The number of unbranched alkanes of at least 4 members (excludes halogenated alkanes) is 1. The van der Waals surface area contributed by atoms with Crippen LogP contribution in [0.3, 0.4) is 0 Å². The minimum absolute atomic E-state index is 0.0694. The van der Waals surface area contributed by atoms with Crippen molar-refractivity contribution in [1.29, 1.82) is 10.8 Å². The standard InChI is InChI=1S/C25H51N11O4/c1-15(2)14-19(36-21(38)16(3)8-6-12-32-24(28)29)23(40)35-18(10-7-13-33-25(30)31)22(39)34-17(20(27)37)9-4-5-11-26/h15-19H,4-14,26H2,1-3H3,(H2,27,37)(H,34,39)(H,35,40)(H,36,38)(H4,28,29,32)(H4,30,31,33)/t16-,17-,18-,19-/m0/s1. The molecule has 40 heavy (non-hydrogen) atoms. The van der Waals surface area contributed by atoms with Gasteiger partial charge in [0.25, 0.3) is 0 Å². The Bertz CT molecular complexity index is 838. The fraction of sp³-hybridized carbons (Fsp3) is 0.760. The zero-order valence-electron chi connectivity index (χ0n) is 24.1. The first-order valence-corrected chi connectivity index (χ1v) is 13.8. The van der Waals surface area contributed by atoms with Gasteiger partial charge in [0.1, 0.15) is 18.1 Å². The number of primary amides is 1. The quantitative estimate of drug-likeness (QED) is 0.0424. The van der Waals surface area contributed by atoms with Crippen molar-refractivity contribution in [3.63, 3.8) is 0 Å². The highest BCUT2D eigenvalue weighted by Gasteiger charge is 2.30. The lowest BCUT2D eigenvalue weighted by Gasteiger charge is -2.26. The van der Waals surface area contributed by atoms with Crippen LogP contribution in [-0.4, -0.2) is 73.3 Å². The second-order valence-corrected chi connectivity index (χ2v) is 10.4. The van der Waals surface area contributed by atoms with Gasteiger partial charge >= 0.3 is 0 Å². The smallest absolute Gasteiger partial charge is 0.243 e. The van der Waals surface area contributed by atoms with E-state index in [-0.39, 0.29) is 30.2 Å². The van der Waals surface area contributed by atoms with E-state index in [1.165, 1.54) is 0 Å². The number of carbonyl (C=O) groups is 4. The van der Waals surface area contributed by atoms with Crippen LogP contribution in [0.25, 0.3) is 0 Å². The summed E-state index contributed by atoms with van der Waals surface area (Å²) in [6.45, 7) is 6.78. The van der Waals surface area contributed by atoms with Gasteiger partial charge in [0, 0.05) is 19.0 Å². The monoisotopic (exact) mass is 569 g/mol. The van der Waals surface area contributed by atoms with E-state index in [9.17, 15) is 19.2 Å². The number of hydrogen-bond acceptors (Lipinski definition) is 7. The van der Waals surface area contributed by atoms with Crippen LogP contribution >= 0.6 is 0 Å². The normalized spacial score (nSPS) is 13.8. The van der Waals surface area contributed by atoms with Crippen LogP contribution in [0.4, 0.5) is 0 Å². The molecule has 0 aromatic carbocycles. The highest BCUT2D eigenvalue weighted by molar-refractivity contribution is 5.94. The van der Waals surface area contributed by atoms with Crippen molar-refractivity contribution in [3.8, 4) is 0 Å². The Hall–Kier alpha value is -3.62. The molecular weight excluding hydrogens is 518 g/mol. The van der Waals surface area contributed by atoms with Crippen molar-refractivity contribution in [1.82, 2.24) is 26.6 Å². The van der Waals surface area contributed by atoms with Crippen LogP contribution in [0, 0.1) is 22.7 Å². The fourth-order valence-electron chi connectivity index (χ4n) is 3.90. The van der Waals surface area contributed by atoms with Gasteiger partial charge in [-0.3, -0.25) is 30.0 Å². The molecule has 0 bridgehead atoms. The Morgan fingerprint density at radius 3 is 1.62 bits per heavy atom. The highest BCUT2D eigenvalue weighted by atomic mass is 16.2. The molecule has 0 aliphatic heterocycles. The molecule has 0 aliphatic carbocycles. The lowest BCUT2D eigenvalue weighted by atomic mass is 9.99. The zero-order chi connectivity index (χ0) is 30.7. The summed E-state index contributed by atoms with van der Waals surface area (Å²) in [5, 5.41) is 28.0. The van der Waals surface area contributed by atoms with E-state index < -0.39 is 41.8 Å². The summed E-state index contributed by atoms with van der Waals surface area (Å²) in [5.41, 5.74) is 21.6. The van der Waals surface area contributed by atoms with E-state index in [1.807, 2.05) is 13.8 Å². The summed E-state index contributed by atoms with van der Waals surface area (Å²) >= 11 is 0. The summed E-state index contributed by atoms with van der Waals surface area (Å²) in [5.74, 6) is -2.77. The number of rotatable bonds is 21. The van der Waals surface area contributed by atoms with Crippen molar-refractivity contribution in [3.05, 3.63) is 0 Å². The molecule has 0 heterocycles. The Morgan fingerprint density at radius 1 is 0.650 bits per heavy atom. The van der Waals surface area contributed by atoms with Gasteiger partial charge in [0.05, 0.1) is 0 Å². The van der Waals surface area contributed by atoms with Gasteiger partial charge in [0.2, 0.25) is 23.6 Å². The maximum atomic E-state index is 13.3. The molecule has 15 nitrogen and oxygen atoms in total. The number of nitrogens with two attached hydrogens (primary N) is 4. The molecule has 0 aliphatic rings. The SMILES string of the molecule is CC(C)C[C@H](NC(=O)[C@@H](C)CCCNC(=N)N)C(=O)N[C@@H](CCCNC(=N)N)C(=O)N[C@@H](CCCCN)C(N)=O. The molecule has 0 fully saturated rings. The lowest BCUT2D eigenvalue weighted by Crippen LogP contribution is -2.57. The zero-order valence-corrected chi connectivity index (χ0v) is 24.1. The first kappa shape index (κ1) is 36.4. The van der Waals surface area contributed by atoms with Crippen molar-refractivity contribution in [2.45, 2.75) is 90.3 Å². The maximum Gasteiger partial charge on any atom is 0.243 e. The van der Waals surface area contributed by atoms with Crippen LogP contribution < -0.4 is 49.5 Å². The van der Waals surface area contributed by atoms with Crippen molar-refractivity contribution in [2.24, 2.45) is 34.8 Å². The van der Waals surface area contributed by atoms with E-state index in [2.05, 4.69) is 26.6 Å². The molecule has 0 rings (SSSR count). The predicted molar refractivity (Wildman–Crippen MR) is 155 cm³/mol. The third kappa shape index (κ3) is 17.1. The topological polar surface area (TPSA) is 280 Å². The Balaban J connectivity index is 5.49. The molecular formula is C25H51N11O4. The van der Waals surface area contributed by atoms with Crippen molar-refractivity contribution < 1.29 is 19.2 Å². The van der Waals surface area contributed by atoms with Crippen LogP contribution in [0.2, 0.25) is 0 Å². The number of nitrogens with one attached hydrogen (secondary N) is 7. The minimum Gasteiger partial charge on any atom is -0.370 e. The van der Waals surface area contributed by atoms with E-state index >= 15 is 0 Å². The van der Waals surface area contributed by atoms with E-state index in [1.54, 1.807) is 6.92 Å². The van der Waals surface area contributed by atoms with E-state index in [0.29, 0.717) is 64.6 Å². The number of carbonyl (C=O) groups excluding carboxylic acids is 4. The molecule has 4 atom stereocenters. The third-order valence-electron chi connectivity index (χ3n) is 6.14. The average molecular weight is 570 g/mol.